The normalized spacial score (nSPS) is 16.9. The van der Waals surface area contributed by atoms with Gasteiger partial charge in [0, 0.05) is 17.3 Å². The van der Waals surface area contributed by atoms with Crippen LogP contribution < -0.4 is 16.4 Å². The second-order valence-corrected chi connectivity index (χ2v) is 5.74. The number of carbonyl (C=O) groups is 2. The summed E-state index contributed by atoms with van der Waals surface area (Å²) >= 11 is 0. The van der Waals surface area contributed by atoms with Gasteiger partial charge in [0.15, 0.2) is 0 Å². The third-order valence-electron chi connectivity index (χ3n) is 3.91. The SMILES string of the molecule is CCC(C)[C@H](N)C(=O)Nc1cccc(NC(=O)C2CC2)c1. The van der Waals surface area contributed by atoms with Gasteiger partial charge >= 0.3 is 0 Å². The van der Waals surface area contributed by atoms with Gasteiger partial charge in [0.05, 0.1) is 6.04 Å². The van der Waals surface area contributed by atoms with Crippen LogP contribution in [-0.4, -0.2) is 17.9 Å². The third-order valence-corrected chi connectivity index (χ3v) is 3.91. The summed E-state index contributed by atoms with van der Waals surface area (Å²) in [6.45, 7) is 3.96. The van der Waals surface area contributed by atoms with E-state index >= 15 is 0 Å². The molecule has 114 valence electrons. The number of benzene rings is 1. The van der Waals surface area contributed by atoms with E-state index in [1.165, 1.54) is 0 Å². The molecule has 0 radical (unpaired) electrons. The Kier molecular flexibility index (Phi) is 4.96. The van der Waals surface area contributed by atoms with Gasteiger partial charge in [-0.05, 0) is 37.0 Å². The van der Waals surface area contributed by atoms with Crippen molar-refractivity contribution in [1.82, 2.24) is 0 Å². The number of hydrogen-bond donors (Lipinski definition) is 3. The van der Waals surface area contributed by atoms with E-state index in [1.807, 2.05) is 19.9 Å². The maximum absolute atomic E-state index is 12.0. The van der Waals surface area contributed by atoms with Gasteiger partial charge in [-0.3, -0.25) is 9.59 Å². The number of carbonyl (C=O) groups excluding carboxylic acids is 2. The van der Waals surface area contributed by atoms with Crippen molar-refractivity contribution in [1.29, 1.82) is 0 Å². The van der Waals surface area contributed by atoms with Crippen LogP contribution in [0.1, 0.15) is 33.1 Å². The lowest BCUT2D eigenvalue weighted by molar-refractivity contribution is -0.118. The molecule has 2 atom stereocenters. The highest BCUT2D eigenvalue weighted by molar-refractivity contribution is 5.97. The van der Waals surface area contributed by atoms with Crippen molar-refractivity contribution in [2.75, 3.05) is 10.6 Å². The van der Waals surface area contributed by atoms with Gasteiger partial charge in [0.1, 0.15) is 0 Å². The van der Waals surface area contributed by atoms with Crippen molar-refractivity contribution in [2.45, 2.75) is 39.2 Å². The fourth-order valence-corrected chi connectivity index (χ4v) is 2.00. The highest BCUT2D eigenvalue weighted by Crippen LogP contribution is 2.30. The average Bonchev–Trinajstić information content (AvgIpc) is 3.30. The van der Waals surface area contributed by atoms with Crippen LogP contribution in [0.4, 0.5) is 11.4 Å². The zero-order valence-corrected chi connectivity index (χ0v) is 12.6. The van der Waals surface area contributed by atoms with Gasteiger partial charge in [-0.25, -0.2) is 0 Å². The van der Waals surface area contributed by atoms with E-state index in [1.54, 1.807) is 18.2 Å². The fraction of sp³-hybridized carbons (Fsp3) is 0.500. The molecule has 0 bridgehead atoms. The van der Waals surface area contributed by atoms with Crippen molar-refractivity contribution < 1.29 is 9.59 Å². The first-order chi connectivity index (χ1) is 10.0. The summed E-state index contributed by atoms with van der Waals surface area (Å²) < 4.78 is 0. The van der Waals surface area contributed by atoms with E-state index in [-0.39, 0.29) is 23.7 Å². The van der Waals surface area contributed by atoms with Gasteiger partial charge in [0.25, 0.3) is 0 Å². The molecule has 2 amide bonds. The summed E-state index contributed by atoms with van der Waals surface area (Å²) in [5.41, 5.74) is 7.25. The van der Waals surface area contributed by atoms with Crippen LogP contribution >= 0.6 is 0 Å². The number of hydrogen-bond acceptors (Lipinski definition) is 3. The van der Waals surface area contributed by atoms with E-state index in [0.29, 0.717) is 11.4 Å². The minimum Gasteiger partial charge on any atom is -0.326 e. The van der Waals surface area contributed by atoms with E-state index in [0.717, 1.165) is 19.3 Å². The molecule has 1 unspecified atom stereocenters. The fourth-order valence-electron chi connectivity index (χ4n) is 2.00. The second kappa shape index (κ2) is 6.72. The van der Waals surface area contributed by atoms with Crippen molar-refractivity contribution in [2.24, 2.45) is 17.6 Å². The predicted molar refractivity (Wildman–Crippen MR) is 83.9 cm³/mol. The molecule has 1 aliphatic rings. The minimum absolute atomic E-state index is 0.0507. The lowest BCUT2D eigenvalue weighted by Gasteiger charge is -2.18. The molecule has 0 aliphatic heterocycles. The molecule has 0 aromatic heterocycles. The monoisotopic (exact) mass is 289 g/mol. The van der Waals surface area contributed by atoms with Crippen LogP contribution in [0.3, 0.4) is 0 Å². The Labute approximate surface area is 125 Å². The number of amides is 2. The van der Waals surface area contributed by atoms with Crippen LogP contribution in [0, 0.1) is 11.8 Å². The standard InChI is InChI=1S/C16H23N3O2/c1-3-10(2)14(17)16(21)19-13-6-4-5-12(9-13)18-15(20)11-7-8-11/h4-6,9-11,14H,3,7-8,17H2,1-2H3,(H,18,20)(H,19,21)/t10?,14-/m0/s1. The number of nitrogens with one attached hydrogen (secondary N) is 2. The lowest BCUT2D eigenvalue weighted by Crippen LogP contribution is -2.40. The third kappa shape index (κ3) is 4.29. The molecular formula is C16H23N3O2. The maximum atomic E-state index is 12.0. The molecule has 2 rings (SSSR count). The Balaban J connectivity index is 1.96. The molecule has 5 nitrogen and oxygen atoms in total. The predicted octanol–water partition coefficient (Wildman–Crippen LogP) is 2.35. The molecule has 0 saturated heterocycles. The molecule has 1 saturated carbocycles. The lowest BCUT2D eigenvalue weighted by atomic mass is 9.99. The zero-order chi connectivity index (χ0) is 15.4. The average molecular weight is 289 g/mol. The number of nitrogens with two attached hydrogens (primary N) is 1. The first-order valence-corrected chi connectivity index (χ1v) is 7.48. The number of rotatable bonds is 6. The van der Waals surface area contributed by atoms with Gasteiger partial charge in [-0.2, -0.15) is 0 Å². The van der Waals surface area contributed by atoms with E-state index < -0.39 is 6.04 Å². The Bertz CT molecular complexity index is 526. The molecular weight excluding hydrogens is 266 g/mol. The summed E-state index contributed by atoms with van der Waals surface area (Å²) in [4.78, 5) is 23.8. The quantitative estimate of drug-likeness (QED) is 0.751. The molecule has 4 N–H and O–H groups in total. The van der Waals surface area contributed by atoms with Crippen LogP contribution in [0.15, 0.2) is 24.3 Å². The highest BCUT2D eigenvalue weighted by atomic mass is 16.2. The first kappa shape index (κ1) is 15.5. The smallest absolute Gasteiger partial charge is 0.241 e. The minimum atomic E-state index is -0.528. The molecule has 1 aromatic carbocycles. The first-order valence-electron chi connectivity index (χ1n) is 7.48. The van der Waals surface area contributed by atoms with Crippen molar-refractivity contribution in [3.63, 3.8) is 0 Å². The van der Waals surface area contributed by atoms with Crippen LogP contribution in [0.5, 0.6) is 0 Å². The Morgan fingerprint density at radius 1 is 1.29 bits per heavy atom. The molecule has 0 spiro atoms. The van der Waals surface area contributed by atoms with E-state index in [2.05, 4.69) is 10.6 Å². The summed E-state index contributed by atoms with van der Waals surface area (Å²) in [6, 6.07) is 6.62. The molecule has 1 aliphatic carbocycles. The summed E-state index contributed by atoms with van der Waals surface area (Å²) in [5.74, 6) is 0.134. The van der Waals surface area contributed by atoms with Crippen LogP contribution in [-0.2, 0) is 9.59 Å². The summed E-state index contributed by atoms with van der Waals surface area (Å²) in [6.07, 6.45) is 2.78. The Morgan fingerprint density at radius 3 is 2.48 bits per heavy atom. The Morgan fingerprint density at radius 2 is 1.90 bits per heavy atom. The van der Waals surface area contributed by atoms with Crippen LogP contribution in [0.2, 0.25) is 0 Å². The van der Waals surface area contributed by atoms with Crippen LogP contribution in [0.25, 0.3) is 0 Å². The van der Waals surface area contributed by atoms with Gasteiger partial charge in [-0.1, -0.05) is 26.3 Å². The molecule has 1 aromatic rings. The molecule has 5 heteroatoms. The van der Waals surface area contributed by atoms with Gasteiger partial charge in [0.2, 0.25) is 11.8 Å². The molecule has 1 fully saturated rings. The zero-order valence-electron chi connectivity index (χ0n) is 12.6. The molecule has 21 heavy (non-hydrogen) atoms. The van der Waals surface area contributed by atoms with E-state index in [9.17, 15) is 9.59 Å². The van der Waals surface area contributed by atoms with Crippen molar-refractivity contribution in [3.8, 4) is 0 Å². The second-order valence-electron chi connectivity index (χ2n) is 5.74. The van der Waals surface area contributed by atoms with Crippen molar-refractivity contribution >= 4 is 23.2 Å². The summed E-state index contributed by atoms with van der Waals surface area (Å²) in [7, 11) is 0. The van der Waals surface area contributed by atoms with E-state index in [4.69, 9.17) is 5.73 Å². The Hall–Kier alpha value is -1.88. The van der Waals surface area contributed by atoms with Gasteiger partial charge in [-0.15, -0.1) is 0 Å². The van der Waals surface area contributed by atoms with Crippen molar-refractivity contribution in [3.05, 3.63) is 24.3 Å². The molecule has 0 heterocycles. The highest BCUT2D eigenvalue weighted by Gasteiger charge is 2.29. The number of anilines is 2. The maximum Gasteiger partial charge on any atom is 0.241 e. The largest absolute Gasteiger partial charge is 0.326 e. The topological polar surface area (TPSA) is 84.2 Å². The summed E-state index contributed by atoms with van der Waals surface area (Å²) in [5, 5.41) is 5.66. The van der Waals surface area contributed by atoms with Gasteiger partial charge < -0.3 is 16.4 Å².